The summed E-state index contributed by atoms with van der Waals surface area (Å²) in [7, 11) is 1.83. The van der Waals surface area contributed by atoms with Gasteiger partial charge in [0.2, 0.25) is 0 Å². The standard InChI is InChI=1S/C18H16F3N3O2/c1-24-15-7-4-12(19)10-14(15)23-16(24)8-9-22-17(25)11-2-5-13(6-3-11)26-18(20)21/h2-7,10,18H,8-9H2,1H3,(H,22,25). The van der Waals surface area contributed by atoms with E-state index in [4.69, 9.17) is 0 Å². The summed E-state index contributed by atoms with van der Waals surface area (Å²) in [6, 6.07) is 9.82. The van der Waals surface area contributed by atoms with Crippen molar-refractivity contribution in [3.63, 3.8) is 0 Å². The van der Waals surface area contributed by atoms with Crippen LogP contribution in [0.4, 0.5) is 13.2 Å². The molecule has 0 fully saturated rings. The van der Waals surface area contributed by atoms with Gasteiger partial charge in [0.25, 0.3) is 5.91 Å². The minimum atomic E-state index is -2.91. The molecule has 0 spiro atoms. The van der Waals surface area contributed by atoms with Crippen molar-refractivity contribution < 1.29 is 22.7 Å². The molecule has 1 amide bonds. The van der Waals surface area contributed by atoms with Gasteiger partial charge in [-0.1, -0.05) is 0 Å². The molecule has 3 aromatic rings. The largest absolute Gasteiger partial charge is 0.435 e. The highest BCUT2D eigenvalue weighted by molar-refractivity contribution is 5.94. The number of hydrogen-bond donors (Lipinski definition) is 1. The third-order valence-electron chi connectivity index (χ3n) is 3.91. The van der Waals surface area contributed by atoms with Crippen LogP contribution in [0.15, 0.2) is 42.5 Å². The maximum Gasteiger partial charge on any atom is 0.387 e. The van der Waals surface area contributed by atoms with Crippen molar-refractivity contribution in [2.24, 2.45) is 7.05 Å². The second kappa shape index (κ2) is 7.47. The number of ether oxygens (including phenoxy) is 1. The number of aryl methyl sites for hydroxylation is 1. The van der Waals surface area contributed by atoms with Gasteiger partial charge in [-0.25, -0.2) is 9.37 Å². The molecule has 0 unspecified atom stereocenters. The number of nitrogens with one attached hydrogen (secondary N) is 1. The van der Waals surface area contributed by atoms with Crippen LogP contribution < -0.4 is 10.1 Å². The van der Waals surface area contributed by atoms with E-state index in [0.717, 1.165) is 5.52 Å². The molecular weight excluding hydrogens is 347 g/mol. The van der Waals surface area contributed by atoms with Crippen molar-refractivity contribution in [1.82, 2.24) is 14.9 Å². The van der Waals surface area contributed by atoms with E-state index in [1.165, 1.54) is 36.4 Å². The van der Waals surface area contributed by atoms with Crippen LogP contribution in [0.1, 0.15) is 16.2 Å². The van der Waals surface area contributed by atoms with Gasteiger partial charge in [0.15, 0.2) is 0 Å². The lowest BCUT2D eigenvalue weighted by atomic mass is 10.2. The Balaban J connectivity index is 1.59. The molecule has 1 N–H and O–H groups in total. The molecule has 0 atom stereocenters. The number of rotatable bonds is 6. The number of imidazole rings is 1. The molecule has 0 aliphatic carbocycles. The minimum Gasteiger partial charge on any atom is -0.435 e. The predicted molar refractivity (Wildman–Crippen MR) is 89.8 cm³/mol. The van der Waals surface area contributed by atoms with Gasteiger partial charge in [-0.15, -0.1) is 0 Å². The molecule has 0 bridgehead atoms. The van der Waals surface area contributed by atoms with E-state index in [0.29, 0.717) is 29.9 Å². The lowest BCUT2D eigenvalue weighted by molar-refractivity contribution is -0.0498. The smallest absolute Gasteiger partial charge is 0.387 e. The summed E-state index contributed by atoms with van der Waals surface area (Å²) in [6.45, 7) is -2.58. The zero-order chi connectivity index (χ0) is 18.7. The van der Waals surface area contributed by atoms with Crippen LogP contribution in [0.2, 0.25) is 0 Å². The number of aromatic nitrogens is 2. The topological polar surface area (TPSA) is 56.2 Å². The Labute approximate surface area is 147 Å². The van der Waals surface area contributed by atoms with Gasteiger partial charge in [0, 0.05) is 31.6 Å². The quantitative estimate of drug-likeness (QED) is 0.731. The van der Waals surface area contributed by atoms with Crippen LogP contribution in [0, 0.1) is 5.82 Å². The van der Waals surface area contributed by atoms with Crippen molar-refractivity contribution in [1.29, 1.82) is 0 Å². The van der Waals surface area contributed by atoms with Gasteiger partial charge in [-0.05, 0) is 36.4 Å². The number of benzene rings is 2. The highest BCUT2D eigenvalue weighted by atomic mass is 19.3. The van der Waals surface area contributed by atoms with Crippen LogP contribution in [0.5, 0.6) is 5.75 Å². The molecule has 0 aliphatic heterocycles. The first-order valence-electron chi connectivity index (χ1n) is 7.88. The first-order chi connectivity index (χ1) is 12.4. The maximum absolute atomic E-state index is 13.3. The normalized spacial score (nSPS) is 11.1. The molecule has 0 radical (unpaired) electrons. The first kappa shape index (κ1) is 17.8. The van der Waals surface area contributed by atoms with E-state index >= 15 is 0 Å². The van der Waals surface area contributed by atoms with Crippen LogP contribution >= 0.6 is 0 Å². The summed E-state index contributed by atoms with van der Waals surface area (Å²) >= 11 is 0. The number of fused-ring (bicyclic) bond motifs is 1. The lowest BCUT2D eigenvalue weighted by Gasteiger charge is -2.07. The van der Waals surface area contributed by atoms with E-state index < -0.39 is 6.61 Å². The monoisotopic (exact) mass is 363 g/mol. The van der Waals surface area contributed by atoms with E-state index in [2.05, 4.69) is 15.0 Å². The van der Waals surface area contributed by atoms with Crippen LogP contribution in [0.3, 0.4) is 0 Å². The van der Waals surface area contributed by atoms with Gasteiger partial charge in [-0.3, -0.25) is 4.79 Å². The molecule has 0 saturated carbocycles. The molecule has 5 nitrogen and oxygen atoms in total. The molecule has 0 aliphatic rings. The Kier molecular flexibility index (Phi) is 5.11. The van der Waals surface area contributed by atoms with E-state index in [-0.39, 0.29) is 17.5 Å². The number of amides is 1. The van der Waals surface area contributed by atoms with Crippen molar-refractivity contribution in [3.8, 4) is 5.75 Å². The molecule has 136 valence electrons. The second-order valence-corrected chi connectivity index (χ2v) is 5.63. The lowest BCUT2D eigenvalue weighted by Crippen LogP contribution is -2.26. The minimum absolute atomic E-state index is 0.0107. The van der Waals surface area contributed by atoms with Crippen LogP contribution in [-0.4, -0.2) is 28.6 Å². The maximum atomic E-state index is 13.3. The third kappa shape index (κ3) is 3.96. The Hall–Kier alpha value is -3.03. The van der Waals surface area contributed by atoms with Crippen molar-refractivity contribution >= 4 is 16.9 Å². The Bertz CT molecular complexity index is 923. The fourth-order valence-corrected chi connectivity index (χ4v) is 2.62. The molecule has 3 rings (SSSR count). The Morgan fingerprint density at radius 2 is 1.96 bits per heavy atom. The number of nitrogens with zero attached hydrogens (tertiary/aromatic N) is 2. The number of carbonyl (C=O) groups excluding carboxylic acids is 1. The van der Waals surface area contributed by atoms with E-state index in [9.17, 15) is 18.0 Å². The molecule has 0 saturated heterocycles. The van der Waals surface area contributed by atoms with E-state index in [1.54, 1.807) is 6.07 Å². The fourth-order valence-electron chi connectivity index (χ4n) is 2.62. The average molecular weight is 363 g/mol. The summed E-state index contributed by atoms with van der Waals surface area (Å²) in [5, 5.41) is 2.74. The zero-order valence-electron chi connectivity index (χ0n) is 13.9. The highest BCUT2D eigenvalue weighted by Crippen LogP contribution is 2.17. The molecule has 1 heterocycles. The van der Waals surface area contributed by atoms with Gasteiger partial charge in [-0.2, -0.15) is 8.78 Å². The first-order valence-corrected chi connectivity index (χ1v) is 7.88. The summed E-state index contributed by atoms with van der Waals surface area (Å²) in [6.07, 6.45) is 0.463. The summed E-state index contributed by atoms with van der Waals surface area (Å²) in [4.78, 5) is 16.5. The van der Waals surface area contributed by atoms with Gasteiger partial charge in [0.05, 0.1) is 11.0 Å². The summed E-state index contributed by atoms with van der Waals surface area (Å²) < 4.78 is 43.6. The van der Waals surface area contributed by atoms with Crippen LogP contribution in [0.25, 0.3) is 11.0 Å². The Morgan fingerprint density at radius 1 is 1.23 bits per heavy atom. The third-order valence-corrected chi connectivity index (χ3v) is 3.91. The van der Waals surface area contributed by atoms with Crippen molar-refractivity contribution in [3.05, 3.63) is 59.7 Å². The summed E-state index contributed by atoms with van der Waals surface area (Å²) in [5.74, 6) is 0.0168. The average Bonchev–Trinajstić information content (AvgIpc) is 2.90. The zero-order valence-corrected chi connectivity index (χ0v) is 13.9. The van der Waals surface area contributed by atoms with Crippen molar-refractivity contribution in [2.75, 3.05) is 6.54 Å². The molecule has 2 aromatic carbocycles. The van der Waals surface area contributed by atoms with Crippen LogP contribution in [-0.2, 0) is 13.5 Å². The summed E-state index contributed by atoms with van der Waals surface area (Å²) in [5.41, 5.74) is 1.70. The SMILES string of the molecule is Cn1c(CCNC(=O)c2ccc(OC(F)F)cc2)nc2cc(F)ccc21. The van der Waals surface area contributed by atoms with Gasteiger partial charge < -0.3 is 14.6 Å². The number of alkyl halides is 2. The van der Waals surface area contributed by atoms with Gasteiger partial charge >= 0.3 is 6.61 Å². The molecule has 26 heavy (non-hydrogen) atoms. The molecular formula is C18H16F3N3O2. The fraction of sp³-hybridized carbons (Fsp3) is 0.222. The Morgan fingerprint density at radius 3 is 2.65 bits per heavy atom. The number of hydrogen-bond acceptors (Lipinski definition) is 3. The number of halogens is 3. The van der Waals surface area contributed by atoms with Gasteiger partial charge in [0.1, 0.15) is 17.4 Å². The molecule has 8 heteroatoms. The highest BCUT2D eigenvalue weighted by Gasteiger charge is 2.11. The predicted octanol–water partition coefficient (Wildman–Crippen LogP) is 3.29. The number of carbonyl (C=O) groups is 1. The van der Waals surface area contributed by atoms with Crippen molar-refractivity contribution in [2.45, 2.75) is 13.0 Å². The molecule has 1 aromatic heterocycles. The second-order valence-electron chi connectivity index (χ2n) is 5.63. The van der Waals surface area contributed by atoms with E-state index in [1.807, 2.05) is 11.6 Å².